The van der Waals surface area contributed by atoms with E-state index >= 15 is 0 Å². The summed E-state index contributed by atoms with van der Waals surface area (Å²) in [7, 11) is 2.00. The Morgan fingerprint density at radius 2 is 2.13 bits per heavy atom. The Bertz CT molecular complexity index is 356. The first-order valence-electron chi connectivity index (χ1n) is 5.55. The third-order valence-electron chi connectivity index (χ3n) is 3.31. The maximum atomic E-state index is 13.1. The molecule has 1 aliphatic carbocycles. The zero-order valence-electron chi connectivity index (χ0n) is 9.44. The lowest BCUT2D eigenvalue weighted by molar-refractivity contribution is 0.477. The van der Waals surface area contributed by atoms with Gasteiger partial charge in [-0.05, 0) is 55.8 Å². The summed E-state index contributed by atoms with van der Waals surface area (Å²) in [6, 6.07) is 5.48. The zero-order chi connectivity index (χ0) is 10.9. The van der Waals surface area contributed by atoms with Gasteiger partial charge >= 0.3 is 0 Å². The summed E-state index contributed by atoms with van der Waals surface area (Å²) < 4.78 is 13.1. The van der Waals surface area contributed by atoms with Crippen LogP contribution in [0.1, 0.15) is 24.0 Å². The number of halogens is 1. The van der Waals surface area contributed by atoms with E-state index < -0.39 is 0 Å². The minimum atomic E-state index is -0.0998. The van der Waals surface area contributed by atoms with Gasteiger partial charge in [-0.25, -0.2) is 4.39 Å². The second-order valence-corrected chi connectivity index (χ2v) is 4.79. The third-order valence-corrected chi connectivity index (χ3v) is 3.31. The van der Waals surface area contributed by atoms with E-state index in [4.69, 9.17) is 0 Å². The highest BCUT2D eigenvalue weighted by Gasteiger charge is 2.41. The highest BCUT2D eigenvalue weighted by atomic mass is 19.1. The van der Waals surface area contributed by atoms with E-state index in [1.807, 2.05) is 26.1 Å². The van der Waals surface area contributed by atoms with Gasteiger partial charge in [0.25, 0.3) is 0 Å². The Hall–Kier alpha value is -0.890. The molecule has 0 aliphatic heterocycles. The molecule has 82 valence electrons. The summed E-state index contributed by atoms with van der Waals surface area (Å²) in [5, 5.41) is 3.24. The first-order chi connectivity index (χ1) is 7.15. The summed E-state index contributed by atoms with van der Waals surface area (Å²) in [6.45, 7) is 2.90. The SMILES string of the molecule is CNCC1(Cc2ccc(F)c(C)c2)CC1. The highest BCUT2D eigenvalue weighted by Crippen LogP contribution is 2.47. The molecule has 0 spiro atoms. The minimum Gasteiger partial charge on any atom is -0.319 e. The van der Waals surface area contributed by atoms with Crippen molar-refractivity contribution in [1.29, 1.82) is 0 Å². The Balaban J connectivity index is 2.08. The average molecular weight is 207 g/mol. The lowest BCUT2D eigenvalue weighted by atomic mass is 9.95. The van der Waals surface area contributed by atoms with Crippen LogP contribution in [-0.4, -0.2) is 13.6 Å². The zero-order valence-corrected chi connectivity index (χ0v) is 9.44. The Kier molecular flexibility index (Phi) is 2.79. The molecule has 1 fully saturated rings. The molecule has 0 amide bonds. The predicted octanol–water partition coefficient (Wildman–Crippen LogP) is 2.68. The van der Waals surface area contributed by atoms with Gasteiger partial charge in [-0.15, -0.1) is 0 Å². The Morgan fingerprint density at radius 3 is 2.67 bits per heavy atom. The smallest absolute Gasteiger partial charge is 0.126 e. The van der Waals surface area contributed by atoms with Crippen molar-refractivity contribution in [2.45, 2.75) is 26.2 Å². The maximum absolute atomic E-state index is 13.1. The first kappa shape index (κ1) is 10.6. The van der Waals surface area contributed by atoms with Crippen LogP contribution in [0, 0.1) is 18.2 Å². The molecule has 0 atom stereocenters. The summed E-state index contributed by atoms with van der Waals surface area (Å²) >= 11 is 0. The van der Waals surface area contributed by atoms with Gasteiger partial charge in [0.05, 0.1) is 0 Å². The first-order valence-corrected chi connectivity index (χ1v) is 5.55. The standard InChI is InChI=1S/C13H18FN/c1-10-7-11(3-4-12(10)14)8-13(5-6-13)9-15-2/h3-4,7,15H,5-6,8-9H2,1-2H3. The molecule has 15 heavy (non-hydrogen) atoms. The highest BCUT2D eigenvalue weighted by molar-refractivity contribution is 5.26. The Labute approximate surface area is 90.7 Å². The molecule has 0 heterocycles. The van der Waals surface area contributed by atoms with Crippen molar-refractivity contribution in [3.8, 4) is 0 Å². The van der Waals surface area contributed by atoms with Crippen molar-refractivity contribution in [2.75, 3.05) is 13.6 Å². The van der Waals surface area contributed by atoms with Gasteiger partial charge < -0.3 is 5.32 Å². The molecule has 0 bridgehead atoms. The molecule has 1 nitrogen and oxygen atoms in total. The molecular weight excluding hydrogens is 189 g/mol. The average Bonchev–Trinajstić information content (AvgIpc) is 2.92. The topological polar surface area (TPSA) is 12.0 Å². The fourth-order valence-corrected chi connectivity index (χ4v) is 2.22. The normalized spacial score (nSPS) is 17.8. The number of nitrogens with one attached hydrogen (secondary N) is 1. The molecule has 0 aromatic heterocycles. The molecule has 2 rings (SSSR count). The van der Waals surface area contributed by atoms with Crippen LogP contribution in [0.15, 0.2) is 18.2 Å². The summed E-state index contributed by atoms with van der Waals surface area (Å²) in [5.74, 6) is -0.0998. The van der Waals surface area contributed by atoms with E-state index in [0.717, 1.165) is 18.5 Å². The van der Waals surface area contributed by atoms with Crippen molar-refractivity contribution in [1.82, 2.24) is 5.32 Å². The van der Waals surface area contributed by atoms with Crippen LogP contribution in [0.25, 0.3) is 0 Å². The lowest BCUT2D eigenvalue weighted by Gasteiger charge is -2.14. The van der Waals surface area contributed by atoms with E-state index in [2.05, 4.69) is 5.32 Å². The van der Waals surface area contributed by atoms with Crippen LogP contribution < -0.4 is 5.32 Å². The molecule has 0 unspecified atom stereocenters. The number of hydrogen-bond acceptors (Lipinski definition) is 1. The molecule has 0 radical (unpaired) electrons. The van der Waals surface area contributed by atoms with E-state index in [9.17, 15) is 4.39 Å². The monoisotopic (exact) mass is 207 g/mol. The van der Waals surface area contributed by atoms with Gasteiger partial charge in [-0.1, -0.05) is 12.1 Å². The summed E-state index contributed by atoms with van der Waals surface area (Å²) in [6.07, 6.45) is 3.67. The second kappa shape index (κ2) is 3.93. The van der Waals surface area contributed by atoms with E-state index in [-0.39, 0.29) is 5.82 Å². The van der Waals surface area contributed by atoms with Crippen LogP contribution in [0.3, 0.4) is 0 Å². The molecular formula is C13H18FN. The quantitative estimate of drug-likeness (QED) is 0.800. The largest absolute Gasteiger partial charge is 0.319 e. The van der Waals surface area contributed by atoms with Crippen LogP contribution >= 0.6 is 0 Å². The number of hydrogen-bond donors (Lipinski definition) is 1. The van der Waals surface area contributed by atoms with Gasteiger partial charge in [0, 0.05) is 6.54 Å². The number of benzene rings is 1. The van der Waals surface area contributed by atoms with Crippen LogP contribution in [0.2, 0.25) is 0 Å². The molecule has 1 aliphatic rings. The van der Waals surface area contributed by atoms with Crippen molar-refractivity contribution in [3.63, 3.8) is 0 Å². The molecule has 2 heteroatoms. The van der Waals surface area contributed by atoms with Crippen molar-refractivity contribution in [2.24, 2.45) is 5.41 Å². The van der Waals surface area contributed by atoms with Crippen LogP contribution in [0.5, 0.6) is 0 Å². The van der Waals surface area contributed by atoms with E-state index in [1.54, 1.807) is 6.07 Å². The Morgan fingerprint density at radius 1 is 1.40 bits per heavy atom. The predicted molar refractivity (Wildman–Crippen MR) is 60.4 cm³/mol. The van der Waals surface area contributed by atoms with Gasteiger partial charge in [-0.3, -0.25) is 0 Å². The third kappa shape index (κ3) is 2.37. The number of aryl methyl sites for hydroxylation is 1. The molecule has 1 aromatic rings. The maximum Gasteiger partial charge on any atom is 0.126 e. The van der Waals surface area contributed by atoms with Gasteiger partial charge in [0.1, 0.15) is 5.82 Å². The summed E-state index contributed by atoms with van der Waals surface area (Å²) in [5.41, 5.74) is 2.48. The summed E-state index contributed by atoms with van der Waals surface area (Å²) in [4.78, 5) is 0. The van der Waals surface area contributed by atoms with Crippen molar-refractivity contribution < 1.29 is 4.39 Å². The van der Waals surface area contributed by atoms with Crippen molar-refractivity contribution >= 4 is 0 Å². The fourth-order valence-electron chi connectivity index (χ4n) is 2.22. The van der Waals surface area contributed by atoms with Gasteiger partial charge in [-0.2, -0.15) is 0 Å². The lowest BCUT2D eigenvalue weighted by Crippen LogP contribution is -2.21. The molecule has 1 aromatic carbocycles. The van der Waals surface area contributed by atoms with E-state index in [1.165, 1.54) is 18.4 Å². The van der Waals surface area contributed by atoms with E-state index in [0.29, 0.717) is 5.41 Å². The van der Waals surface area contributed by atoms with Crippen LogP contribution in [-0.2, 0) is 6.42 Å². The van der Waals surface area contributed by atoms with Gasteiger partial charge in [0.2, 0.25) is 0 Å². The van der Waals surface area contributed by atoms with Crippen LogP contribution in [0.4, 0.5) is 4.39 Å². The fraction of sp³-hybridized carbons (Fsp3) is 0.538. The second-order valence-electron chi connectivity index (χ2n) is 4.79. The minimum absolute atomic E-state index is 0.0998. The van der Waals surface area contributed by atoms with Crippen molar-refractivity contribution in [3.05, 3.63) is 35.1 Å². The molecule has 1 saturated carbocycles. The number of rotatable bonds is 4. The molecule has 0 saturated heterocycles. The van der Waals surface area contributed by atoms with Gasteiger partial charge in [0.15, 0.2) is 0 Å². The molecule has 1 N–H and O–H groups in total.